The van der Waals surface area contributed by atoms with Crippen molar-refractivity contribution in [3.05, 3.63) is 29.1 Å². The molecule has 0 N–H and O–H groups in total. The zero-order valence-corrected chi connectivity index (χ0v) is 9.87. The Morgan fingerprint density at radius 1 is 0.778 bits per heavy atom. The molecule has 18 heavy (non-hydrogen) atoms. The van der Waals surface area contributed by atoms with Gasteiger partial charge in [0.25, 0.3) is 0 Å². The SMILES string of the molecule is CC(C)(C)c1cc(C(F)(F)F)cc(C(F)(F)F)n1. The molecule has 0 bridgehead atoms. The number of pyridine rings is 1. The summed E-state index contributed by atoms with van der Waals surface area (Å²) in [7, 11) is 0. The Bertz CT molecular complexity index is 359. The summed E-state index contributed by atoms with van der Waals surface area (Å²) >= 11 is 0. The van der Waals surface area contributed by atoms with Gasteiger partial charge in [-0.25, -0.2) is 4.98 Å². The molecule has 0 aliphatic rings. The van der Waals surface area contributed by atoms with Crippen molar-refractivity contribution in [3.63, 3.8) is 0 Å². The summed E-state index contributed by atoms with van der Waals surface area (Å²) in [5.41, 5.74) is -4.01. The molecule has 0 spiro atoms. The first-order valence-corrected chi connectivity index (χ1v) is 4.99. The number of alkyl halides is 6. The molecule has 0 atom stereocenters. The molecule has 1 heterocycles. The number of aromatic nitrogens is 1. The maximum absolute atomic E-state index is 12.5. The molecule has 0 saturated heterocycles. The summed E-state index contributed by atoms with van der Waals surface area (Å²) in [4.78, 5) is 3.26. The van der Waals surface area contributed by atoms with Crippen LogP contribution < -0.4 is 0 Å². The third-order valence-electron chi connectivity index (χ3n) is 2.21. The number of hydrogen-bond acceptors (Lipinski definition) is 1. The second-order valence-electron chi connectivity index (χ2n) is 4.87. The van der Waals surface area contributed by atoms with Gasteiger partial charge in [0.2, 0.25) is 0 Å². The maximum atomic E-state index is 12.5. The second-order valence-corrected chi connectivity index (χ2v) is 4.87. The van der Waals surface area contributed by atoms with E-state index in [0.717, 1.165) is 0 Å². The van der Waals surface area contributed by atoms with E-state index in [-0.39, 0.29) is 11.8 Å². The van der Waals surface area contributed by atoms with Crippen LogP contribution in [-0.4, -0.2) is 4.98 Å². The largest absolute Gasteiger partial charge is 0.433 e. The highest BCUT2D eigenvalue weighted by molar-refractivity contribution is 5.28. The first-order valence-electron chi connectivity index (χ1n) is 4.99. The second kappa shape index (κ2) is 4.13. The van der Waals surface area contributed by atoms with Crippen molar-refractivity contribution < 1.29 is 26.3 Å². The fraction of sp³-hybridized carbons (Fsp3) is 0.545. The van der Waals surface area contributed by atoms with E-state index in [4.69, 9.17) is 0 Å². The van der Waals surface area contributed by atoms with E-state index < -0.39 is 29.0 Å². The van der Waals surface area contributed by atoms with E-state index in [1.54, 1.807) is 0 Å². The predicted molar refractivity (Wildman–Crippen MR) is 52.9 cm³/mol. The lowest BCUT2D eigenvalue weighted by atomic mass is 9.90. The molecule has 102 valence electrons. The number of hydrogen-bond donors (Lipinski definition) is 0. The van der Waals surface area contributed by atoms with E-state index in [1.807, 2.05) is 0 Å². The normalized spacial score (nSPS) is 13.8. The van der Waals surface area contributed by atoms with Crippen molar-refractivity contribution in [3.8, 4) is 0 Å². The van der Waals surface area contributed by atoms with Gasteiger partial charge in [0, 0.05) is 11.1 Å². The van der Waals surface area contributed by atoms with Crippen molar-refractivity contribution in [2.24, 2.45) is 0 Å². The van der Waals surface area contributed by atoms with Gasteiger partial charge in [0.1, 0.15) is 5.69 Å². The van der Waals surface area contributed by atoms with E-state index in [0.29, 0.717) is 6.07 Å². The van der Waals surface area contributed by atoms with Crippen LogP contribution in [0.25, 0.3) is 0 Å². The molecule has 1 rings (SSSR count). The Balaban J connectivity index is 3.49. The maximum Gasteiger partial charge on any atom is 0.433 e. The molecule has 0 amide bonds. The van der Waals surface area contributed by atoms with Crippen LogP contribution in [0, 0.1) is 0 Å². The van der Waals surface area contributed by atoms with Gasteiger partial charge < -0.3 is 0 Å². The molecule has 7 heteroatoms. The Morgan fingerprint density at radius 3 is 1.56 bits per heavy atom. The van der Waals surface area contributed by atoms with E-state index in [2.05, 4.69) is 4.98 Å². The molecule has 0 aromatic carbocycles. The Kier molecular flexibility index (Phi) is 3.40. The molecule has 0 unspecified atom stereocenters. The molecule has 1 aromatic rings. The third kappa shape index (κ3) is 3.36. The van der Waals surface area contributed by atoms with Gasteiger partial charge in [-0.15, -0.1) is 0 Å². The molecule has 1 nitrogen and oxygen atoms in total. The van der Waals surface area contributed by atoms with Gasteiger partial charge in [0.05, 0.1) is 5.56 Å². The number of nitrogens with zero attached hydrogens (tertiary/aromatic N) is 1. The lowest BCUT2D eigenvalue weighted by Gasteiger charge is -2.21. The zero-order valence-electron chi connectivity index (χ0n) is 9.87. The van der Waals surface area contributed by atoms with E-state index in [9.17, 15) is 26.3 Å². The number of rotatable bonds is 0. The van der Waals surface area contributed by atoms with Gasteiger partial charge in [-0.2, -0.15) is 26.3 Å². The van der Waals surface area contributed by atoms with Gasteiger partial charge in [0.15, 0.2) is 0 Å². The molecule has 0 saturated carbocycles. The summed E-state index contributed by atoms with van der Waals surface area (Å²) in [5.74, 6) is 0. The van der Waals surface area contributed by atoms with Crippen LogP contribution in [0.1, 0.15) is 37.7 Å². The van der Waals surface area contributed by atoms with Crippen LogP contribution in [0.15, 0.2) is 12.1 Å². The Hall–Kier alpha value is -1.27. The average molecular weight is 271 g/mol. The molecule has 1 aromatic heterocycles. The lowest BCUT2D eigenvalue weighted by Crippen LogP contribution is -2.20. The van der Waals surface area contributed by atoms with Gasteiger partial charge in [-0.05, 0) is 12.1 Å². The Labute approximate surface area is 99.8 Å². The minimum atomic E-state index is -4.90. The van der Waals surface area contributed by atoms with Crippen LogP contribution in [-0.2, 0) is 17.8 Å². The fourth-order valence-corrected chi connectivity index (χ4v) is 1.22. The monoisotopic (exact) mass is 271 g/mol. The smallest absolute Gasteiger partial charge is 0.248 e. The van der Waals surface area contributed by atoms with Crippen LogP contribution in [0.5, 0.6) is 0 Å². The van der Waals surface area contributed by atoms with E-state index >= 15 is 0 Å². The molecular weight excluding hydrogens is 260 g/mol. The highest BCUT2D eigenvalue weighted by atomic mass is 19.4. The van der Waals surface area contributed by atoms with Gasteiger partial charge >= 0.3 is 12.4 Å². The van der Waals surface area contributed by atoms with Crippen molar-refractivity contribution in [2.45, 2.75) is 38.5 Å². The van der Waals surface area contributed by atoms with Crippen molar-refractivity contribution in [1.29, 1.82) is 0 Å². The standard InChI is InChI=1S/C11H11F6N/c1-9(2,3)7-4-6(10(12,13)14)5-8(18-7)11(15,16)17/h4-5H,1-3H3. The minimum absolute atomic E-state index is 0.0231. The van der Waals surface area contributed by atoms with Crippen LogP contribution in [0.2, 0.25) is 0 Å². The quantitative estimate of drug-likeness (QED) is 0.637. The van der Waals surface area contributed by atoms with Crippen molar-refractivity contribution in [2.75, 3.05) is 0 Å². The van der Waals surface area contributed by atoms with E-state index in [1.165, 1.54) is 20.8 Å². The van der Waals surface area contributed by atoms with Crippen LogP contribution in [0.4, 0.5) is 26.3 Å². The van der Waals surface area contributed by atoms with Gasteiger partial charge in [-0.3, -0.25) is 0 Å². The molecular formula is C11H11F6N. The first kappa shape index (κ1) is 14.8. The summed E-state index contributed by atoms with van der Waals surface area (Å²) in [6.07, 6.45) is -9.73. The number of halogens is 6. The topological polar surface area (TPSA) is 12.9 Å². The fourth-order valence-electron chi connectivity index (χ4n) is 1.22. The molecule has 0 aliphatic carbocycles. The predicted octanol–water partition coefficient (Wildman–Crippen LogP) is 4.42. The minimum Gasteiger partial charge on any atom is -0.248 e. The summed E-state index contributed by atoms with van der Waals surface area (Å²) < 4.78 is 75.1. The lowest BCUT2D eigenvalue weighted by molar-refractivity contribution is -0.145. The summed E-state index contributed by atoms with van der Waals surface area (Å²) in [6, 6.07) is 0.671. The van der Waals surface area contributed by atoms with Crippen molar-refractivity contribution >= 4 is 0 Å². The average Bonchev–Trinajstić information content (AvgIpc) is 2.13. The molecule has 0 fully saturated rings. The Morgan fingerprint density at radius 2 is 1.22 bits per heavy atom. The highest BCUT2D eigenvalue weighted by Crippen LogP contribution is 2.36. The van der Waals surface area contributed by atoms with Gasteiger partial charge in [-0.1, -0.05) is 20.8 Å². The van der Waals surface area contributed by atoms with Crippen molar-refractivity contribution in [1.82, 2.24) is 4.98 Å². The first-order chi connectivity index (χ1) is 7.82. The third-order valence-corrected chi connectivity index (χ3v) is 2.21. The highest BCUT2D eigenvalue weighted by Gasteiger charge is 2.39. The summed E-state index contributed by atoms with van der Waals surface area (Å²) in [6.45, 7) is 4.49. The molecule has 0 radical (unpaired) electrons. The van der Waals surface area contributed by atoms with Crippen LogP contribution >= 0.6 is 0 Å². The summed E-state index contributed by atoms with van der Waals surface area (Å²) in [5, 5.41) is 0. The zero-order chi connectivity index (χ0) is 14.4. The van der Waals surface area contributed by atoms with Crippen LogP contribution in [0.3, 0.4) is 0 Å². The molecule has 0 aliphatic heterocycles.